The van der Waals surface area contributed by atoms with E-state index in [-0.39, 0.29) is 0 Å². The molecule has 2 heterocycles. The van der Waals surface area contributed by atoms with E-state index in [9.17, 15) is 0 Å². The number of thiophene rings is 2. The van der Waals surface area contributed by atoms with Crippen LogP contribution in [0.3, 0.4) is 0 Å². The molecule has 0 aliphatic rings. The van der Waals surface area contributed by atoms with Gasteiger partial charge in [-0.3, -0.25) is 0 Å². The van der Waals surface area contributed by atoms with Crippen LogP contribution >= 0.6 is 22.7 Å². The highest BCUT2D eigenvalue weighted by atomic mass is 32.1. The van der Waals surface area contributed by atoms with E-state index in [1.807, 2.05) is 22.7 Å². The fourth-order valence-electron chi connectivity index (χ4n) is 4.20. The van der Waals surface area contributed by atoms with Crippen LogP contribution in [0.5, 0.6) is 0 Å². The summed E-state index contributed by atoms with van der Waals surface area (Å²) in [5.74, 6) is 0. The maximum atomic E-state index is 2.38. The number of hydrogen-bond acceptors (Lipinski definition) is 2. The highest BCUT2D eigenvalue weighted by molar-refractivity contribution is 7.23. The third-order valence-corrected chi connectivity index (χ3v) is 8.26. The Hall–Kier alpha value is -3.46. The van der Waals surface area contributed by atoms with Crippen molar-refractivity contribution in [3.05, 3.63) is 121 Å². The lowest BCUT2D eigenvalue weighted by molar-refractivity contribution is 1.69. The quantitative estimate of drug-likeness (QED) is 0.254. The summed E-state index contributed by atoms with van der Waals surface area (Å²) in [5.41, 5.74) is 5.14. The van der Waals surface area contributed by atoms with Gasteiger partial charge in [-0.25, -0.2) is 0 Å². The minimum atomic E-state index is 1.27. The molecule has 0 aliphatic carbocycles. The summed E-state index contributed by atoms with van der Waals surface area (Å²) in [6.07, 6.45) is 0. The van der Waals surface area contributed by atoms with Gasteiger partial charge in [0.2, 0.25) is 0 Å². The first-order chi connectivity index (χ1) is 15.9. The molecule has 6 aromatic rings. The average Bonchev–Trinajstić information content (AvgIpc) is 3.48. The second-order valence-corrected chi connectivity index (χ2v) is 9.83. The molecule has 0 aliphatic heterocycles. The van der Waals surface area contributed by atoms with E-state index < -0.39 is 0 Å². The lowest BCUT2D eigenvalue weighted by atomic mass is 10.0. The Balaban J connectivity index is 1.63. The smallest absolute Gasteiger partial charge is 0.0442 e. The van der Waals surface area contributed by atoms with Crippen molar-refractivity contribution in [1.29, 1.82) is 0 Å². The Morgan fingerprint density at radius 1 is 0.375 bits per heavy atom. The van der Waals surface area contributed by atoms with E-state index in [1.165, 1.54) is 52.5 Å². The van der Waals surface area contributed by atoms with E-state index in [0.717, 1.165) is 0 Å². The lowest BCUT2D eigenvalue weighted by Gasteiger charge is -2.03. The van der Waals surface area contributed by atoms with E-state index in [2.05, 4.69) is 121 Å². The minimum Gasteiger partial charge on any atom is -0.135 e. The van der Waals surface area contributed by atoms with E-state index in [1.54, 1.807) is 0 Å². The summed E-state index contributed by atoms with van der Waals surface area (Å²) < 4.78 is 0. The Labute approximate surface area is 196 Å². The van der Waals surface area contributed by atoms with Crippen LogP contribution in [0.4, 0.5) is 0 Å². The Morgan fingerprint density at radius 3 is 1.44 bits per heavy atom. The van der Waals surface area contributed by atoms with Gasteiger partial charge in [0, 0.05) is 35.8 Å². The fourth-order valence-corrected chi connectivity index (χ4v) is 6.75. The first-order valence-electron chi connectivity index (χ1n) is 10.7. The van der Waals surface area contributed by atoms with Crippen LogP contribution in [-0.2, 0) is 0 Å². The number of rotatable bonds is 4. The van der Waals surface area contributed by atoms with Crippen molar-refractivity contribution < 1.29 is 0 Å². The molecular weight excluding hydrogens is 424 g/mol. The Kier molecular flexibility index (Phi) is 4.95. The summed E-state index contributed by atoms with van der Waals surface area (Å²) in [6.45, 7) is 0. The van der Waals surface area contributed by atoms with Gasteiger partial charge in [-0.05, 0) is 22.8 Å². The fraction of sp³-hybridized carbons (Fsp3) is 0. The Morgan fingerprint density at radius 2 is 0.844 bits per heavy atom. The topological polar surface area (TPSA) is 0 Å². The second-order valence-electron chi connectivity index (χ2n) is 7.76. The van der Waals surface area contributed by atoms with E-state index in [4.69, 9.17) is 0 Å². The summed E-state index contributed by atoms with van der Waals surface area (Å²) in [6, 6.07) is 43.4. The molecule has 4 aromatic carbocycles. The van der Waals surface area contributed by atoms with E-state index >= 15 is 0 Å². The van der Waals surface area contributed by atoms with Crippen molar-refractivity contribution in [1.82, 2.24) is 0 Å². The molecule has 0 amide bonds. The summed E-state index contributed by atoms with van der Waals surface area (Å²) in [5, 5.41) is 2.65. The molecular formula is C30H20S2. The Bertz CT molecular complexity index is 1490. The molecule has 0 unspecified atom stereocenters. The number of hydrogen-bond donors (Lipinski definition) is 0. The molecule has 0 fully saturated rings. The summed E-state index contributed by atoms with van der Waals surface area (Å²) in [7, 11) is 0. The van der Waals surface area contributed by atoms with Gasteiger partial charge < -0.3 is 0 Å². The maximum absolute atomic E-state index is 2.38. The molecule has 0 atom stereocenters. The third kappa shape index (κ3) is 3.38. The normalized spacial score (nSPS) is 11.1. The molecule has 6 rings (SSSR count). The highest BCUT2D eigenvalue weighted by Crippen LogP contribution is 2.50. The zero-order valence-electron chi connectivity index (χ0n) is 17.4. The van der Waals surface area contributed by atoms with Crippen LogP contribution in [0, 0.1) is 0 Å². The molecule has 0 bridgehead atoms. The van der Waals surface area contributed by atoms with Gasteiger partial charge in [-0.2, -0.15) is 0 Å². The SMILES string of the molecule is c1ccc(-c2cc(-c3sc(-c4ccccc4)c4ccccc34)c(-c3ccccc3)s2)cc1. The van der Waals surface area contributed by atoms with Crippen molar-refractivity contribution in [2.24, 2.45) is 0 Å². The molecule has 0 N–H and O–H groups in total. The first-order valence-corrected chi connectivity index (χ1v) is 12.3. The molecule has 0 spiro atoms. The zero-order valence-corrected chi connectivity index (χ0v) is 19.0. The molecule has 0 saturated heterocycles. The van der Waals surface area contributed by atoms with Crippen LogP contribution in [0.2, 0.25) is 0 Å². The molecule has 0 radical (unpaired) electrons. The number of benzene rings is 4. The van der Waals surface area contributed by atoms with Crippen LogP contribution in [0.15, 0.2) is 121 Å². The second kappa shape index (κ2) is 8.23. The third-order valence-electron chi connectivity index (χ3n) is 5.73. The molecule has 32 heavy (non-hydrogen) atoms. The van der Waals surface area contributed by atoms with Crippen LogP contribution < -0.4 is 0 Å². The van der Waals surface area contributed by atoms with Crippen molar-refractivity contribution >= 4 is 33.4 Å². The monoisotopic (exact) mass is 444 g/mol. The van der Waals surface area contributed by atoms with Crippen LogP contribution in [-0.4, -0.2) is 0 Å². The van der Waals surface area contributed by atoms with E-state index in [0.29, 0.717) is 0 Å². The zero-order chi connectivity index (χ0) is 21.3. The van der Waals surface area contributed by atoms with Crippen molar-refractivity contribution in [2.75, 3.05) is 0 Å². The predicted octanol–water partition coefficient (Wildman–Crippen LogP) is 9.63. The van der Waals surface area contributed by atoms with Gasteiger partial charge in [0.05, 0.1) is 0 Å². The molecule has 152 valence electrons. The summed E-state index contributed by atoms with van der Waals surface area (Å²) in [4.78, 5) is 5.31. The molecule has 0 nitrogen and oxygen atoms in total. The molecule has 2 heteroatoms. The molecule has 2 aromatic heterocycles. The largest absolute Gasteiger partial charge is 0.135 e. The minimum absolute atomic E-state index is 1.27. The van der Waals surface area contributed by atoms with Gasteiger partial charge in [0.25, 0.3) is 0 Å². The molecule has 0 saturated carbocycles. The van der Waals surface area contributed by atoms with Gasteiger partial charge in [-0.15, -0.1) is 22.7 Å². The van der Waals surface area contributed by atoms with Crippen molar-refractivity contribution in [3.8, 4) is 41.8 Å². The predicted molar refractivity (Wildman–Crippen MR) is 141 cm³/mol. The lowest BCUT2D eigenvalue weighted by Crippen LogP contribution is -1.76. The van der Waals surface area contributed by atoms with Crippen molar-refractivity contribution in [3.63, 3.8) is 0 Å². The summed E-state index contributed by atoms with van der Waals surface area (Å²) >= 11 is 3.78. The van der Waals surface area contributed by atoms with Gasteiger partial charge in [0.1, 0.15) is 0 Å². The van der Waals surface area contributed by atoms with Crippen LogP contribution in [0.1, 0.15) is 0 Å². The van der Waals surface area contributed by atoms with Gasteiger partial charge >= 0.3 is 0 Å². The first kappa shape index (κ1) is 19.2. The number of fused-ring (bicyclic) bond motifs is 1. The van der Waals surface area contributed by atoms with Crippen LogP contribution in [0.25, 0.3) is 52.5 Å². The standard InChI is InChI=1S/C30H20S2/c1-4-12-21(13-5-1)27-20-26(29(31-27)23-16-8-3-9-17-23)30-25-19-11-10-18-24(25)28(32-30)22-14-6-2-7-15-22/h1-20H. The maximum Gasteiger partial charge on any atom is 0.0442 e. The van der Waals surface area contributed by atoms with Gasteiger partial charge in [-0.1, -0.05) is 115 Å². The highest BCUT2D eigenvalue weighted by Gasteiger charge is 2.20. The van der Waals surface area contributed by atoms with Crippen molar-refractivity contribution in [2.45, 2.75) is 0 Å². The van der Waals surface area contributed by atoms with Gasteiger partial charge in [0.15, 0.2) is 0 Å². The average molecular weight is 445 g/mol.